The second kappa shape index (κ2) is 11.0. The first-order valence-electron chi connectivity index (χ1n) is 21.6. The molecule has 3 aromatic heterocycles. The molecular weight excluding hydrogens is 637 g/mol. The lowest BCUT2D eigenvalue weighted by Crippen LogP contribution is -1.93. The summed E-state index contributed by atoms with van der Waals surface area (Å²) in [4.78, 5) is 0. The predicted molar refractivity (Wildman–Crippen MR) is 219 cm³/mol. The minimum atomic E-state index is -0.428. The van der Waals surface area contributed by atoms with Gasteiger partial charge in [0.1, 0.15) is 0 Å². The highest BCUT2D eigenvalue weighted by Crippen LogP contribution is 2.42. The molecule has 8 aromatic carbocycles. The molecule has 2 nitrogen and oxygen atoms in total. The standard InChI is InChI=1S/C48H30N2S/c1-3-12-31(13-4-1)36-18-11-21-46-48(36)39-25-24-35(30-47(39)51-46)50-43-20-10-8-17-38(43)41-29-33(23-27-45(41)50)32-22-26-44-40(28-32)37-16-7-9-19-42(37)49(44)34-14-5-2-6-15-34/h1-30H/i1D,2D,3D,4D,5D,6D,12D,13D,14D,15D. The van der Waals surface area contributed by atoms with E-state index in [1.807, 2.05) is 66.7 Å². The number of nitrogens with zero attached hydrogens (tertiary/aromatic N) is 2. The molecule has 3 heteroatoms. The molecule has 238 valence electrons. The Morgan fingerprint density at radius 1 is 0.392 bits per heavy atom. The Labute approximate surface area is 312 Å². The molecule has 0 saturated heterocycles. The van der Waals surface area contributed by atoms with Crippen LogP contribution in [0.2, 0.25) is 0 Å². The Balaban J connectivity index is 1.07. The SMILES string of the molecule is [2H]c1c([2H])c([2H])c(-c2cccc3sc4cc(-n5c6ccccc6c6cc(-c7ccc8c(c7)c7ccccc7n8-c7c([2H])c([2H])c([2H])c([2H])c7[2H])ccc65)ccc4c23)c([2H])c1[2H]. The molecule has 0 bridgehead atoms. The maximum Gasteiger partial charge on any atom is 0.0645 e. The normalized spacial score (nSPS) is 14.7. The van der Waals surface area contributed by atoms with E-state index >= 15 is 0 Å². The lowest BCUT2D eigenvalue weighted by Gasteiger charge is -2.10. The van der Waals surface area contributed by atoms with Gasteiger partial charge in [0.25, 0.3) is 0 Å². The molecule has 0 amide bonds. The molecule has 0 atom stereocenters. The van der Waals surface area contributed by atoms with E-state index in [0.717, 1.165) is 80.6 Å². The molecule has 0 unspecified atom stereocenters. The van der Waals surface area contributed by atoms with Crippen LogP contribution < -0.4 is 0 Å². The lowest BCUT2D eigenvalue weighted by atomic mass is 9.99. The Morgan fingerprint density at radius 2 is 0.980 bits per heavy atom. The van der Waals surface area contributed by atoms with Crippen LogP contribution in [0.25, 0.3) is 97.4 Å². The van der Waals surface area contributed by atoms with Crippen molar-refractivity contribution >= 4 is 75.1 Å². The fraction of sp³-hybridized carbons (Fsp3) is 0. The van der Waals surface area contributed by atoms with Gasteiger partial charge in [-0.15, -0.1) is 11.3 Å². The number of hydrogen-bond acceptors (Lipinski definition) is 1. The van der Waals surface area contributed by atoms with Gasteiger partial charge in [0.2, 0.25) is 0 Å². The molecule has 11 aromatic rings. The quantitative estimate of drug-likeness (QED) is 0.176. The molecule has 51 heavy (non-hydrogen) atoms. The maximum absolute atomic E-state index is 8.76. The van der Waals surface area contributed by atoms with E-state index in [1.54, 1.807) is 15.9 Å². The van der Waals surface area contributed by atoms with Crippen molar-refractivity contribution in [2.45, 2.75) is 0 Å². The highest BCUT2D eigenvalue weighted by atomic mass is 32.1. The monoisotopic (exact) mass is 676 g/mol. The topological polar surface area (TPSA) is 9.86 Å². The van der Waals surface area contributed by atoms with Gasteiger partial charge in [0.05, 0.1) is 35.8 Å². The molecule has 0 radical (unpaired) electrons. The summed E-state index contributed by atoms with van der Waals surface area (Å²) in [5.41, 5.74) is 7.37. The van der Waals surface area contributed by atoms with E-state index in [4.69, 9.17) is 13.7 Å². The molecule has 0 aliphatic rings. The first-order chi connectivity index (χ1) is 29.4. The van der Waals surface area contributed by atoms with Gasteiger partial charge < -0.3 is 9.13 Å². The van der Waals surface area contributed by atoms with Crippen LogP contribution >= 0.6 is 11.3 Å². The van der Waals surface area contributed by atoms with Gasteiger partial charge >= 0.3 is 0 Å². The van der Waals surface area contributed by atoms with E-state index in [-0.39, 0.29) is 59.6 Å². The second-order valence-electron chi connectivity index (χ2n) is 12.6. The zero-order valence-corrected chi connectivity index (χ0v) is 27.7. The summed E-state index contributed by atoms with van der Waals surface area (Å²) in [6.45, 7) is 0. The Morgan fingerprint density at radius 3 is 1.65 bits per heavy atom. The summed E-state index contributed by atoms with van der Waals surface area (Å²) in [6.07, 6.45) is 0. The van der Waals surface area contributed by atoms with Crippen LogP contribution in [0.3, 0.4) is 0 Å². The van der Waals surface area contributed by atoms with Crippen molar-refractivity contribution in [1.82, 2.24) is 9.13 Å². The van der Waals surface area contributed by atoms with Gasteiger partial charge in [-0.1, -0.05) is 115 Å². The van der Waals surface area contributed by atoms with Crippen LogP contribution in [0.5, 0.6) is 0 Å². The Hall–Kier alpha value is -6.42. The van der Waals surface area contributed by atoms with Crippen molar-refractivity contribution in [2.75, 3.05) is 0 Å². The van der Waals surface area contributed by atoms with Crippen molar-refractivity contribution < 1.29 is 13.7 Å². The van der Waals surface area contributed by atoms with Crippen LogP contribution in [0.1, 0.15) is 13.7 Å². The largest absolute Gasteiger partial charge is 0.309 e. The first kappa shape index (κ1) is 20.3. The van der Waals surface area contributed by atoms with Gasteiger partial charge in [0, 0.05) is 53.1 Å². The number of hydrogen-bond donors (Lipinski definition) is 0. The van der Waals surface area contributed by atoms with E-state index in [0.29, 0.717) is 5.56 Å². The third-order valence-electron chi connectivity index (χ3n) is 9.90. The molecule has 11 rings (SSSR count). The van der Waals surface area contributed by atoms with Gasteiger partial charge in [-0.2, -0.15) is 0 Å². The number of para-hydroxylation sites is 3. The summed E-state index contributed by atoms with van der Waals surface area (Å²) >= 11 is 1.60. The molecule has 0 spiro atoms. The molecule has 0 fully saturated rings. The van der Waals surface area contributed by atoms with Gasteiger partial charge in [-0.3, -0.25) is 0 Å². The molecular formula is C48H30N2S. The van der Waals surface area contributed by atoms with Crippen molar-refractivity contribution in [2.24, 2.45) is 0 Å². The van der Waals surface area contributed by atoms with Gasteiger partial charge in [-0.25, -0.2) is 0 Å². The first-order valence-corrected chi connectivity index (χ1v) is 17.4. The highest BCUT2D eigenvalue weighted by Gasteiger charge is 2.17. The van der Waals surface area contributed by atoms with Gasteiger partial charge in [-0.05, 0) is 88.9 Å². The van der Waals surface area contributed by atoms with E-state index < -0.39 is 12.1 Å². The fourth-order valence-electron chi connectivity index (χ4n) is 7.73. The minimum absolute atomic E-state index is 0.113. The zero-order chi connectivity index (χ0) is 42.2. The summed E-state index contributed by atoms with van der Waals surface area (Å²) in [5, 5.41) is 5.74. The average molecular weight is 677 g/mol. The molecule has 0 N–H and O–H groups in total. The minimum Gasteiger partial charge on any atom is -0.309 e. The van der Waals surface area contributed by atoms with Gasteiger partial charge in [0.15, 0.2) is 0 Å². The van der Waals surface area contributed by atoms with Crippen LogP contribution in [0.15, 0.2) is 182 Å². The highest BCUT2D eigenvalue weighted by molar-refractivity contribution is 7.26. The molecule has 0 aliphatic carbocycles. The zero-order valence-electron chi connectivity index (χ0n) is 36.8. The van der Waals surface area contributed by atoms with Crippen LogP contribution in [-0.2, 0) is 0 Å². The second-order valence-corrected chi connectivity index (χ2v) is 13.7. The van der Waals surface area contributed by atoms with Crippen molar-refractivity contribution in [1.29, 1.82) is 0 Å². The van der Waals surface area contributed by atoms with Crippen LogP contribution in [-0.4, -0.2) is 9.13 Å². The summed E-state index contributed by atoms with van der Waals surface area (Å²) < 4.78 is 90.5. The van der Waals surface area contributed by atoms with Crippen LogP contribution in [0, 0.1) is 0 Å². The smallest absolute Gasteiger partial charge is 0.0645 e. The van der Waals surface area contributed by atoms with Crippen molar-refractivity contribution in [3.05, 3.63) is 182 Å². The summed E-state index contributed by atoms with van der Waals surface area (Å²) in [5.74, 6) is 0. The van der Waals surface area contributed by atoms with E-state index in [9.17, 15) is 0 Å². The molecule has 0 saturated carbocycles. The number of rotatable bonds is 4. The van der Waals surface area contributed by atoms with Crippen molar-refractivity contribution in [3.63, 3.8) is 0 Å². The average Bonchev–Trinajstić information content (AvgIpc) is 3.94. The van der Waals surface area contributed by atoms with E-state index in [1.165, 1.54) is 0 Å². The predicted octanol–water partition coefficient (Wildman–Crippen LogP) is 13.6. The van der Waals surface area contributed by atoms with Crippen LogP contribution in [0.4, 0.5) is 0 Å². The number of aromatic nitrogens is 2. The maximum atomic E-state index is 8.76. The third-order valence-corrected chi connectivity index (χ3v) is 11.0. The number of benzene rings is 8. The van der Waals surface area contributed by atoms with Crippen molar-refractivity contribution in [3.8, 4) is 33.6 Å². The molecule has 3 heterocycles. The summed E-state index contributed by atoms with van der Waals surface area (Å²) in [6, 6.07) is 37.3. The number of fused-ring (bicyclic) bond motifs is 9. The van der Waals surface area contributed by atoms with E-state index in [2.05, 4.69) is 59.2 Å². The third kappa shape index (κ3) is 4.29. The Kier molecular flexibility index (Phi) is 4.40. The molecule has 0 aliphatic heterocycles. The lowest BCUT2D eigenvalue weighted by molar-refractivity contribution is 1.18. The Bertz CT molecular complexity index is 3670. The number of thiophene rings is 1. The fourth-order valence-corrected chi connectivity index (χ4v) is 8.89. The summed E-state index contributed by atoms with van der Waals surface area (Å²) in [7, 11) is 0.